The highest BCUT2D eigenvalue weighted by Crippen LogP contribution is 2.16. The predicted octanol–water partition coefficient (Wildman–Crippen LogP) is 19.5. The molecule has 0 radical (unpaired) electrons. The van der Waals surface area contributed by atoms with E-state index in [0.29, 0.717) is 12.8 Å². The van der Waals surface area contributed by atoms with E-state index in [1.165, 1.54) is 122 Å². The Labute approximate surface area is 431 Å². The summed E-state index contributed by atoms with van der Waals surface area (Å²) in [5.74, 6) is -1.05. The van der Waals surface area contributed by atoms with Crippen molar-refractivity contribution in [3.05, 3.63) is 109 Å². The van der Waals surface area contributed by atoms with Gasteiger partial charge in [0.1, 0.15) is 13.2 Å². The van der Waals surface area contributed by atoms with Gasteiger partial charge in [-0.2, -0.15) is 0 Å². The van der Waals surface area contributed by atoms with Crippen LogP contribution in [0, 0.1) is 0 Å². The van der Waals surface area contributed by atoms with Crippen LogP contribution in [0.4, 0.5) is 0 Å². The van der Waals surface area contributed by atoms with Crippen LogP contribution in [-0.2, 0) is 28.6 Å². The lowest BCUT2D eigenvalue weighted by atomic mass is 10.0. The van der Waals surface area contributed by atoms with E-state index in [-0.39, 0.29) is 31.6 Å². The molecule has 0 N–H and O–H groups in total. The van der Waals surface area contributed by atoms with Gasteiger partial charge in [-0.05, 0) is 83.5 Å². The zero-order valence-corrected chi connectivity index (χ0v) is 45.5. The summed E-state index contributed by atoms with van der Waals surface area (Å²) < 4.78 is 16.6. The highest BCUT2D eigenvalue weighted by molar-refractivity contribution is 5.72. The Morgan fingerprint density at radius 3 is 0.943 bits per heavy atom. The molecule has 0 aliphatic rings. The van der Waals surface area contributed by atoms with Gasteiger partial charge >= 0.3 is 17.9 Å². The van der Waals surface area contributed by atoms with Gasteiger partial charge in [0.05, 0.1) is 6.42 Å². The van der Waals surface area contributed by atoms with Crippen molar-refractivity contribution in [1.82, 2.24) is 0 Å². The van der Waals surface area contributed by atoms with E-state index >= 15 is 0 Å². The number of esters is 3. The van der Waals surface area contributed by atoms with E-state index < -0.39 is 12.1 Å². The molecule has 6 nitrogen and oxygen atoms in total. The second-order valence-corrected chi connectivity index (χ2v) is 18.8. The number of hydrogen-bond acceptors (Lipinski definition) is 6. The van der Waals surface area contributed by atoms with Gasteiger partial charge in [-0.3, -0.25) is 14.4 Å². The summed E-state index contributed by atoms with van der Waals surface area (Å²) in [6.07, 6.45) is 78.8. The van der Waals surface area contributed by atoms with Crippen molar-refractivity contribution in [2.75, 3.05) is 13.2 Å². The van der Waals surface area contributed by atoms with Crippen LogP contribution in [0.2, 0.25) is 0 Å². The molecule has 0 aromatic carbocycles. The molecule has 1 atom stereocenters. The summed E-state index contributed by atoms with van der Waals surface area (Å²) in [5, 5.41) is 0. The third-order valence-electron chi connectivity index (χ3n) is 12.1. The maximum Gasteiger partial charge on any atom is 0.310 e. The lowest BCUT2D eigenvalue weighted by Crippen LogP contribution is -2.30. The second-order valence-electron chi connectivity index (χ2n) is 18.8. The van der Waals surface area contributed by atoms with E-state index in [9.17, 15) is 14.4 Å². The van der Waals surface area contributed by atoms with Gasteiger partial charge < -0.3 is 14.2 Å². The van der Waals surface area contributed by atoms with Crippen molar-refractivity contribution in [3.8, 4) is 0 Å². The molecule has 0 amide bonds. The van der Waals surface area contributed by atoms with Gasteiger partial charge in [-0.25, -0.2) is 0 Å². The number of carbonyl (C=O) groups excluding carboxylic acids is 3. The van der Waals surface area contributed by atoms with Crippen LogP contribution in [-0.4, -0.2) is 37.2 Å². The minimum absolute atomic E-state index is 0.0968. The zero-order chi connectivity index (χ0) is 50.7. The van der Waals surface area contributed by atoms with Gasteiger partial charge in [0, 0.05) is 12.8 Å². The van der Waals surface area contributed by atoms with Gasteiger partial charge in [0.25, 0.3) is 0 Å². The Kier molecular flexibility index (Phi) is 54.4. The molecule has 0 aromatic heterocycles. The topological polar surface area (TPSA) is 78.9 Å². The third-order valence-corrected chi connectivity index (χ3v) is 12.1. The van der Waals surface area contributed by atoms with Crippen LogP contribution >= 0.6 is 0 Å². The predicted molar refractivity (Wildman–Crippen MR) is 302 cm³/mol. The summed E-state index contributed by atoms with van der Waals surface area (Å²) in [7, 11) is 0. The largest absolute Gasteiger partial charge is 0.462 e. The Bertz CT molecular complexity index is 1440. The smallest absolute Gasteiger partial charge is 0.310 e. The molecule has 0 bridgehead atoms. The van der Waals surface area contributed by atoms with Crippen LogP contribution in [0.25, 0.3) is 0 Å². The molecule has 0 aliphatic carbocycles. The monoisotopic (exact) mass is 971 g/mol. The highest BCUT2D eigenvalue weighted by atomic mass is 16.6. The third kappa shape index (κ3) is 55.0. The molecule has 6 heteroatoms. The standard InChI is InChI=1S/C64H106O6/c1-4-7-10-13-16-18-20-22-24-25-26-27-28-29-30-31-32-33-34-35-36-37-38-39-41-42-44-46-48-51-54-57-63(66)69-60-61(59-68-62(65)56-53-50-15-12-9-6-3)70-64(67)58-55-52-49-47-45-43-40-23-21-19-17-14-11-8-5-2/h7-8,10-11,16-19,22-24,26-27,40,45,47,52,55,61H,4-6,9,12-15,20-21,25,28-39,41-44,46,48-51,53-54,56-60H2,1-3H3/b10-7-,11-8-,18-16-,19-17-,24-22-,27-26-,40-23-,47-45-,55-52-. The first-order chi connectivity index (χ1) is 34.5. The summed E-state index contributed by atoms with van der Waals surface area (Å²) in [4.78, 5) is 37.7. The van der Waals surface area contributed by atoms with E-state index in [4.69, 9.17) is 14.2 Å². The number of rotatable bonds is 51. The lowest BCUT2D eigenvalue weighted by Gasteiger charge is -2.18. The first-order valence-corrected chi connectivity index (χ1v) is 28.9. The summed E-state index contributed by atoms with van der Waals surface area (Å²) in [6.45, 7) is 6.27. The van der Waals surface area contributed by atoms with E-state index in [2.05, 4.69) is 118 Å². The van der Waals surface area contributed by atoms with E-state index in [1.54, 1.807) is 6.08 Å². The Morgan fingerprint density at radius 1 is 0.314 bits per heavy atom. The molecular formula is C64H106O6. The molecule has 0 aromatic rings. The lowest BCUT2D eigenvalue weighted by molar-refractivity contribution is -0.166. The molecular weight excluding hydrogens is 865 g/mol. The van der Waals surface area contributed by atoms with Gasteiger partial charge in [0.15, 0.2) is 6.10 Å². The van der Waals surface area contributed by atoms with Gasteiger partial charge in [-0.15, -0.1) is 0 Å². The SMILES string of the molecule is CC/C=C\C/C=C\C/C=C\C/C=C\C/C=C\CC(=O)OC(COC(=O)CCCCCCCC)COC(=O)CCCCCCCCCCCCCCCCCCCC/C=C\C/C=C\C/C=C\C/C=C\CC. The normalized spacial score (nSPS) is 12.9. The van der Waals surface area contributed by atoms with Crippen LogP contribution in [0.15, 0.2) is 109 Å². The van der Waals surface area contributed by atoms with Crippen molar-refractivity contribution in [1.29, 1.82) is 0 Å². The van der Waals surface area contributed by atoms with Crippen LogP contribution in [0.3, 0.4) is 0 Å². The Hall–Kier alpha value is -3.93. The van der Waals surface area contributed by atoms with Crippen molar-refractivity contribution >= 4 is 17.9 Å². The van der Waals surface area contributed by atoms with Crippen LogP contribution < -0.4 is 0 Å². The van der Waals surface area contributed by atoms with Gasteiger partial charge in [0.2, 0.25) is 0 Å². The fraction of sp³-hybridized carbons (Fsp3) is 0.672. The molecule has 0 spiro atoms. The molecule has 0 saturated heterocycles. The maximum absolute atomic E-state index is 12.7. The fourth-order valence-electron chi connectivity index (χ4n) is 7.80. The number of carbonyl (C=O) groups is 3. The summed E-state index contributed by atoms with van der Waals surface area (Å²) >= 11 is 0. The summed E-state index contributed by atoms with van der Waals surface area (Å²) in [5.41, 5.74) is 0. The first kappa shape index (κ1) is 66.1. The Morgan fingerprint density at radius 2 is 0.600 bits per heavy atom. The van der Waals surface area contributed by atoms with Crippen molar-refractivity contribution in [3.63, 3.8) is 0 Å². The number of hydrogen-bond donors (Lipinski definition) is 0. The molecule has 0 saturated carbocycles. The first-order valence-electron chi connectivity index (χ1n) is 28.9. The molecule has 398 valence electrons. The Balaban J connectivity index is 4.07. The maximum atomic E-state index is 12.7. The van der Waals surface area contributed by atoms with Gasteiger partial charge in [-0.1, -0.05) is 265 Å². The molecule has 0 heterocycles. The molecule has 0 fully saturated rings. The quantitative estimate of drug-likeness (QED) is 0.0262. The fourth-order valence-corrected chi connectivity index (χ4v) is 7.80. The molecule has 0 aliphatic heterocycles. The summed E-state index contributed by atoms with van der Waals surface area (Å²) in [6, 6.07) is 0. The van der Waals surface area contributed by atoms with Crippen molar-refractivity contribution in [2.45, 2.75) is 264 Å². The van der Waals surface area contributed by atoms with E-state index in [0.717, 1.165) is 96.3 Å². The van der Waals surface area contributed by atoms with Crippen LogP contribution in [0.5, 0.6) is 0 Å². The highest BCUT2D eigenvalue weighted by Gasteiger charge is 2.19. The minimum Gasteiger partial charge on any atom is -0.462 e. The average molecular weight is 972 g/mol. The van der Waals surface area contributed by atoms with E-state index in [1.807, 2.05) is 6.08 Å². The molecule has 70 heavy (non-hydrogen) atoms. The zero-order valence-electron chi connectivity index (χ0n) is 45.5. The second kappa shape index (κ2) is 57.6. The molecule has 1 unspecified atom stereocenters. The molecule has 0 rings (SSSR count). The van der Waals surface area contributed by atoms with Crippen molar-refractivity contribution in [2.24, 2.45) is 0 Å². The van der Waals surface area contributed by atoms with Crippen LogP contribution in [0.1, 0.15) is 258 Å². The van der Waals surface area contributed by atoms with Crippen molar-refractivity contribution < 1.29 is 28.6 Å². The number of allylic oxidation sites excluding steroid dienone is 17. The number of unbranched alkanes of at least 4 members (excludes halogenated alkanes) is 23. The average Bonchev–Trinajstić information content (AvgIpc) is 3.36. The minimum atomic E-state index is -0.828. The number of ether oxygens (including phenoxy) is 3.